The van der Waals surface area contributed by atoms with Gasteiger partial charge in [-0.1, -0.05) is 51.0 Å². The topological polar surface area (TPSA) is 248 Å². The minimum Gasteiger partial charge on any atom is -0.456 e. The molecule has 0 aromatic rings. The van der Waals surface area contributed by atoms with Crippen LogP contribution in [0.25, 0.3) is 0 Å². The van der Waals surface area contributed by atoms with E-state index in [4.69, 9.17) is 23.7 Å². The molecular weight excluding hydrogens is 781 g/mol. The molecule has 17 heteroatoms. The van der Waals surface area contributed by atoms with Crippen LogP contribution in [0, 0.1) is 33.5 Å². The third kappa shape index (κ3) is 6.43. The zero-order valence-electron chi connectivity index (χ0n) is 34.7. The average molecular weight is 845 g/mol. The molecule has 3 heterocycles. The van der Waals surface area contributed by atoms with Gasteiger partial charge in [-0.25, -0.2) is 4.18 Å². The molecule has 0 bridgehead atoms. The lowest BCUT2D eigenvalue weighted by atomic mass is 9.40. The van der Waals surface area contributed by atoms with E-state index in [1.807, 2.05) is 26.8 Å². The summed E-state index contributed by atoms with van der Waals surface area (Å²) in [6.45, 7) is 15.2. The Morgan fingerprint density at radius 2 is 1.60 bits per heavy atom. The number of esters is 1. The van der Waals surface area contributed by atoms with E-state index in [-0.39, 0.29) is 11.8 Å². The maximum Gasteiger partial charge on any atom is 0.397 e. The molecule has 0 radical (unpaired) electrons. The molecule has 18 atom stereocenters. The predicted molar refractivity (Wildman–Crippen MR) is 204 cm³/mol. The highest BCUT2D eigenvalue weighted by Crippen LogP contribution is 2.77. The van der Waals surface area contributed by atoms with E-state index < -0.39 is 123 Å². The minimum absolute atomic E-state index is 0.0132. The summed E-state index contributed by atoms with van der Waals surface area (Å²) in [6, 6.07) is 0. The van der Waals surface area contributed by atoms with Gasteiger partial charge in [0, 0.05) is 0 Å². The normalized spacial score (nSPS) is 51.1. The Kier molecular flexibility index (Phi) is 11.3. The number of rotatable bonds is 9. The van der Waals surface area contributed by atoms with Gasteiger partial charge in [0.1, 0.15) is 53.2 Å². The highest BCUT2D eigenvalue weighted by Gasteiger charge is 2.85. The second-order valence-corrected chi connectivity index (χ2v) is 20.8. The van der Waals surface area contributed by atoms with E-state index in [0.717, 1.165) is 17.6 Å². The first-order chi connectivity index (χ1) is 26.8. The Labute approximate surface area is 340 Å². The second kappa shape index (κ2) is 14.8. The van der Waals surface area contributed by atoms with Crippen LogP contribution in [0.2, 0.25) is 0 Å². The van der Waals surface area contributed by atoms with Crippen LogP contribution in [0.3, 0.4) is 0 Å². The van der Waals surface area contributed by atoms with Crippen molar-refractivity contribution in [2.45, 2.75) is 185 Å². The summed E-state index contributed by atoms with van der Waals surface area (Å²) in [5, 5.41) is 67.8. The molecule has 3 aliphatic heterocycles. The number of carbonyl (C=O) groups is 1. The van der Waals surface area contributed by atoms with Gasteiger partial charge in [0.2, 0.25) is 0 Å². The van der Waals surface area contributed by atoms with Crippen LogP contribution in [0.15, 0.2) is 23.3 Å². The third-order valence-corrected chi connectivity index (χ3v) is 16.5. The third-order valence-electron chi connectivity index (χ3n) is 16.1. The quantitative estimate of drug-likeness (QED) is 0.0761. The van der Waals surface area contributed by atoms with Crippen molar-refractivity contribution < 1.29 is 76.3 Å². The molecule has 3 saturated heterocycles. The summed E-state index contributed by atoms with van der Waals surface area (Å²) in [6.07, 6.45) is -7.22. The van der Waals surface area contributed by atoms with E-state index in [0.29, 0.717) is 44.9 Å². The van der Waals surface area contributed by atoms with Gasteiger partial charge in [0.25, 0.3) is 0 Å². The molecule has 7 rings (SSSR count). The summed E-state index contributed by atoms with van der Waals surface area (Å²) in [5.41, 5.74) is -3.89. The van der Waals surface area contributed by atoms with Crippen molar-refractivity contribution in [1.82, 2.24) is 0 Å². The summed E-state index contributed by atoms with van der Waals surface area (Å²) in [4.78, 5) is 14.3. The summed E-state index contributed by atoms with van der Waals surface area (Å²) in [5.74, 6) is -0.662. The van der Waals surface area contributed by atoms with Crippen LogP contribution in [0.1, 0.15) is 107 Å². The number of hydrogen-bond acceptors (Lipinski definition) is 15. The molecule has 58 heavy (non-hydrogen) atoms. The Balaban J connectivity index is 1.16. The second-order valence-electron chi connectivity index (χ2n) is 19.7. The first-order valence-electron chi connectivity index (χ1n) is 20.7. The lowest BCUT2D eigenvalue weighted by molar-refractivity contribution is -0.362. The molecule has 18 unspecified atom stereocenters. The standard InChI is InChI=1S/C41H64O16S/c1-20(2)10-9-14-39(8)40(48)17-16-38(7)22-11-12-25-36(4,5)27(13-15-37(25,6)23(22)18-26(42)41(38,40)35(47)56-39)54-34-32(29(44)24(19-52-34)57-58(49,50)51)55-33-31(46)30(45)28(43)21(3)53-33/h10,18,21-22,24-34,42-46,48H,9,11-17,19H2,1-8H3,(H,49,50,51). The van der Waals surface area contributed by atoms with Gasteiger partial charge in [0.15, 0.2) is 12.6 Å². The van der Waals surface area contributed by atoms with Gasteiger partial charge >= 0.3 is 16.4 Å². The number of hydrogen-bond donors (Lipinski definition) is 7. The van der Waals surface area contributed by atoms with Gasteiger partial charge in [0.05, 0.1) is 24.9 Å². The van der Waals surface area contributed by atoms with Crippen LogP contribution >= 0.6 is 0 Å². The number of cyclic esters (lactones) is 1. The maximum absolute atomic E-state index is 14.3. The lowest BCUT2D eigenvalue weighted by Gasteiger charge is -2.64. The first kappa shape index (κ1) is 44.5. The van der Waals surface area contributed by atoms with Crippen LogP contribution < -0.4 is 0 Å². The van der Waals surface area contributed by atoms with Gasteiger partial charge in [-0.05, 0) is 107 Å². The largest absolute Gasteiger partial charge is 0.456 e. The summed E-state index contributed by atoms with van der Waals surface area (Å²) < 4.78 is 67.7. The average Bonchev–Trinajstić information content (AvgIpc) is 3.48. The summed E-state index contributed by atoms with van der Waals surface area (Å²) >= 11 is 0. The van der Waals surface area contributed by atoms with Crippen LogP contribution in [0.4, 0.5) is 0 Å². The zero-order chi connectivity index (χ0) is 42.8. The van der Waals surface area contributed by atoms with Crippen molar-refractivity contribution in [3.8, 4) is 0 Å². The molecule has 1 spiro atoms. The molecule has 7 aliphatic rings. The fourth-order valence-corrected chi connectivity index (χ4v) is 13.4. The minimum atomic E-state index is -5.04. The van der Waals surface area contributed by atoms with Crippen molar-refractivity contribution in [1.29, 1.82) is 0 Å². The molecule has 7 N–H and O–H groups in total. The Morgan fingerprint density at radius 3 is 2.26 bits per heavy atom. The van der Waals surface area contributed by atoms with Crippen LogP contribution in [0.5, 0.6) is 0 Å². The highest BCUT2D eigenvalue weighted by atomic mass is 32.3. The molecule has 0 aromatic heterocycles. The molecule has 0 aromatic carbocycles. The number of carbonyl (C=O) groups excluding carboxylic acids is 1. The van der Waals surface area contributed by atoms with Gasteiger partial charge in [-0.3, -0.25) is 9.35 Å². The molecule has 3 saturated carbocycles. The zero-order valence-corrected chi connectivity index (χ0v) is 35.6. The Morgan fingerprint density at radius 1 is 0.914 bits per heavy atom. The van der Waals surface area contributed by atoms with Crippen molar-refractivity contribution >= 4 is 16.4 Å². The van der Waals surface area contributed by atoms with Gasteiger partial charge < -0.3 is 54.3 Å². The SMILES string of the molecule is CC(C)=CCCC1(C)OC(=O)C23C(O)C=C4C(CCC5C4(C)CCC(OC4OCC(OS(=O)(=O)O)C(O)C4OC4OC(C)C(O)C(O)C4O)C5(C)C)C2(C)CCC13O. The van der Waals surface area contributed by atoms with E-state index in [1.54, 1.807) is 0 Å². The maximum atomic E-state index is 14.3. The fraction of sp³-hybridized carbons (Fsp3) is 0.878. The Bertz CT molecular complexity index is 1780. The highest BCUT2D eigenvalue weighted by molar-refractivity contribution is 7.80. The monoisotopic (exact) mass is 844 g/mol. The number of allylic oxidation sites excluding steroid dienone is 3. The number of fused-ring (bicyclic) bond motifs is 4. The van der Waals surface area contributed by atoms with Crippen molar-refractivity contribution in [2.75, 3.05) is 6.61 Å². The van der Waals surface area contributed by atoms with Crippen molar-refractivity contribution in [3.63, 3.8) is 0 Å². The van der Waals surface area contributed by atoms with Crippen LogP contribution in [-0.2, 0) is 43.1 Å². The lowest BCUT2D eigenvalue weighted by Crippen LogP contribution is -2.68. The number of ether oxygens (including phenoxy) is 5. The Hall–Kier alpha value is -1.58. The van der Waals surface area contributed by atoms with E-state index >= 15 is 0 Å². The van der Waals surface area contributed by atoms with Crippen molar-refractivity contribution in [3.05, 3.63) is 23.3 Å². The molecule has 6 fully saturated rings. The smallest absolute Gasteiger partial charge is 0.397 e. The van der Waals surface area contributed by atoms with Crippen LogP contribution in [-0.4, -0.2) is 135 Å². The molecule has 0 amide bonds. The molecular formula is C41H64O16S. The van der Waals surface area contributed by atoms with Crippen molar-refractivity contribution in [2.24, 2.45) is 33.5 Å². The molecule has 16 nitrogen and oxygen atoms in total. The molecule has 4 aliphatic carbocycles. The van der Waals surface area contributed by atoms with Gasteiger partial charge in [-0.2, -0.15) is 8.42 Å². The van der Waals surface area contributed by atoms with E-state index in [9.17, 15) is 48.4 Å². The predicted octanol–water partition coefficient (Wildman–Crippen LogP) is 2.22. The first-order valence-corrected chi connectivity index (χ1v) is 22.1. The summed E-state index contributed by atoms with van der Waals surface area (Å²) in [7, 11) is -5.04. The van der Waals surface area contributed by atoms with E-state index in [2.05, 4.69) is 38.0 Å². The number of aliphatic hydroxyl groups excluding tert-OH is 5. The fourth-order valence-electron chi connectivity index (χ4n) is 13.0. The van der Waals surface area contributed by atoms with Gasteiger partial charge in [-0.15, -0.1) is 0 Å². The van der Waals surface area contributed by atoms with E-state index in [1.165, 1.54) is 6.92 Å². The number of aliphatic hydroxyl groups is 6. The molecule has 330 valence electrons.